The fraction of sp³-hybridized carbons (Fsp3) is 0.294. The van der Waals surface area contributed by atoms with Crippen molar-refractivity contribution in [3.05, 3.63) is 47.5 Å². The monoisotopic (exact) mass is 472 g/mol. The average Bonchev–Trinajstić information content (AvgIpc) is 2.49. The van der Waals surface area contributed by atoms with Crippen LogP contribution in [0.1, 0.15) is 17.5 Å². The molecule has 0 heterocycles. The fourth-order valence-electron chi connectivity index (χ4n) is 2.39. The van der Waals surface area contributed by atoms with Gasteiger partial charge in [-0.25, -0.2) is 0 Å². The van der Waals surface area contributed by atoms with Gasteiger partial charge in [-0.1, -0.05) is 18.2 Å². The first kappa shape index (κ1) is 26.2. The highest BCUT2D eigenvalue weighted by Gasteiger charge is 2.46. The second kappa shape index (κ2) is 8.75. The molecule has 0 aliphatic heterocycles. The largest absolute Gasteiger partial charge is 0.419 e. The van der Waals surface area contributed by atoms with Crippen LogP contribution in [0.25, 0.3) is 11.1 Å². The van der Waals surface area contributed by atoms with Gasteiger partial charge in [-0.05, 0) is 29.3 Å². The number of nitrogens with two attached hydrogens (primary N) is 2. The lowest BCUT2D eigenvalue weighted by Gasteiger charge is -2.21. The Morgan fingerprint density at radius 1 is 0.613 bits per heavy atom. The highest BCUT2D eigenvalue weighted by molar-refractivity contribution is 5.75. The van der Waals surface area contributed by atoms with Crippen LogP contribution in [0.4, 0.5) is 64.1 Å². The number of alkyl halides is 12. The molecule has 0 saturated carbocycles. The Balaban J connectivity index is 0.000000452. The van der Waals surface area contributed by atoms with Crippen LogP contribution >= 0.6 is 0 Å². The van der Waals surface area contributed by atoms with Crippen molar-refractivity contribution in [1.29, 1.82) is 0 Å². The molecule has 31 heavy (non-hydrogen) atoms. The Morgan fingerprint density at radius 3 is 1.45 bits per heavy atom. The first-order valence-corrected chi connectivity index (χ1v) is 7.78. The smallest absolute Gasteiger partial charge is 0.399 e. The molecular weight excluding hydrogens is 460 g/mol. The van der Waals surface area contributed by atoms with Gasteiger partial charge in [0.25, 0.3) is 0 Å². The number of anilines is 2. The second-order valence-corrected chi connectivity index (χ2v) is 5.98. The van der Waals surface area contributed by atoms with E-state index in [-0.39, 0.29) is 11.3 Å². The third kappa shape index (κ3) is 8.09. The molecule has 0 aliphatic rings. The molecular formula is C17H12F12N2. The van der Waals surface area contributed by atoms with Gasteiger partial charge in [0.1, 0.15) is 6.42 Å². The minimum atomic E-state index is -5.23. The molecule has 2 rings (SSSR count). The van der Waals surface area contributed by atoms with E-state index >= 15 is 0 Å². The van der Waals surface area contributed by atoms with Crippen molar-refractivity contribution in [3.63, 3.8) is 0 Å². The van der Waals surface area contributed by atoms with Crippen molar-refractivity contribution in [1.82, 2.24) is 0 Å². The van der Waals surface area contributed by atoms with E-state index in [9.17, 15) is 52.7 Å². The second-order valence-electron chi connectivity index (χ2n) is 5.98. The van der Waals surface area contributed by atoms with Crippen LogP contribution in [0.5, 0.6) is 0 Å². The van der Waals surface area contributed by atoms with Crippen LogP contribution in [0.15, 0.2) is 36.4 Å². The summed E-state index contributed by atoms with van der Waals surface area (Å²) in [6.07, 6.45) is -23.4. The molecule has 0 unspecified atom stereocenters. The van der Waals surface area contributed by atoms with Gasteiger partial charge in [0, 0.05) is 11.4 Å². The number of halogens is 12. The van der Waals surface area contributed by atoms with E-state index in [2.05, 4.69) is 0 Å². The molecule has 0 amide bonds. The molecule has 2 aromatic rings. The van der Waals surface area contributed by atoms with Crippen LogP contribution in [0.2, 0.25) is 0 Å². The summed E-state index contributed by atoms with van der Waals surface area (Å²) in [6, 6.07) is 6.89. The Bertz CT molecular complexity index is 880. The van der Waals surface area contributed by atoms with Crippen molar-refractivity contribution >= 4 is 11.4 Å². The molecule has 0 radical (unpaired) electrons. The van der Waals surface area contributed by atoms with Crippen molar-refractivity contribution < 1.29 is 52.7 Å². The molecule has 0 fully saturated rings. The molecule has 0 atom stereocenters. The zero-order valence-corrected chi connectivity index (χ0v) is 14.9. The molecule has 0 bridgehead atoms. The maximum atomic E-state index is 13.2. The Morgan fingerprint density at radius 2 is 1.10 bits per heavy atom. The number of rotatable bonds is 1. The summed E-state index contributed by atoms with van der Waals surface area (Å²) in [5.74, 6) is 0. The van der Waals surface area contributed by atoms with E-state index in [1.54, 1.807) is 0 Å². The van der Waals surface area contributed by atoms with Crippen molar-refractivity contribution in [2.45, 2.75) is 31.1 Å². The Labute approximate surface area is 166 Å². The van der Waals surface area contributed by atoms with Gasteiger partial charge < -0.3 is 11.5 Å². The molecule has 4 N–H and O–H groups in total. The van der Waals surface area contributed by atoms with Gasteiger partial charge in [0.15, 0.2) is 0 Å². The first-order valence-electron chi connectivity index (χ1n) is 7.78. The van der Waals surface area contributed by atoms with E-state index in [0.29, 0.717) is 0 Å². The summed E-state index contributed by atoms with van der Waals surface area (Å²) in [6.45, 7) is 0. The number of benzene rings is 2. The predicted octanol–water partition coefficient (Wildman–Crippen LogP) is 7.06. The average molecular weight is 472 g/mol. The number of hydrogen-bond donors (Lipinski definition) is 2. The van der Waals surface area contributed by atoms with Gasteiger partial charge in [-0.2, -0.15) is 52.7 Å². The van der Waals surface area contributed by atoms with E-state index in [1.807, 2.05) is 0 Å². The summed E-state index contributed by atoms with van der Waals surface area (Å²) in [7, 11) is 0. The molecule has 2 nitrogen and oxygen atoms in total. The molecule has 0 saturated heterocycles. The highest BCUT2D eigenvalue weighted by atomic mass is 19.4. The van der Waals surface area contributed by atoms with Crippen LogP contribution in [-0.2, 0) is 12.4 Å². The summed E-state index contributed by atoms with van der Waals surface area (Å²) in [5, 5.41) is 0. The van der Waals surface area contributed by atoms with Gasteiger partial charge in [0.2, 0.25) is 0 Å². The van der Waals surface area contributed by atoms with Crippen molar-refractivity contribution in [2.75, 3.05) is 11.5 Å². The SMILES string of the molecule is FC(F)(F)CC(F)(F)F.Nc1cccc(-c2ccc(N)c(C(F)(F)F)c2C(F)(F)F)c1. The van der Waals surface area contributed by atoms with E-state index in [0.717, 1.165) is 12.1 Å². The molecule has 174 valence electrons. The lowest BCUT2D eigenvalue weighted by atomic mass is 9.93. The minimum absolute atomic E-state index is 0.0715. The predicted molar refractivity (Wildman–Crippen MR) is 87.4 cm³/mol. The van der Waals surface area contributed by atoms with Gasteiger partial charge >= 0.3 is 24.7 Å². The zero-order valence-electron chi connectivity index (χ0n) is 14.9. The first-order chi connectivity index (χ1) is 13.7. The van der Waals surface area contributed by atoms with Crippen LogP contribution in [-0.4, -0.2) is 12.4 Å². The van der Waals surface area contributed by atoms with E-state index < -0.39 is 53.5 Å². The van der Waals surface area contributed by atoms with Crippen LogP contribution in [0.3, 0.4) is 0 Å². The highest BCUT2D eigenvalue weighted by Crippen LogP contribution is 2.47. The van der Waals surface area contributed by atoms with Crippen LogP contribution < -0.4 is 11.5 Å². The standard InChI is InChI=1S/C14H10F6N2.C3H2F6/c15-13(16,17)11-9(7-2-1-3-8(21)6-7)4-5-10(22)12(11)14(18,19)20;4-2(5,6)1-3(7,8)9/h1-6H,21-22H2;1H2. The third-order valence-corrected chi connectivity index (χ3v) is 3.40. The Kier molecular flexibility index (Phi) is 7.40. The lowest BCUT2D eigenvalue weighted by molar-refractivity contribution is -0.232. The molecule has 2 aromatic carbocycles. The van der Waals surface area contributed by atoms with Gasteiger partial charge in [-0.15, -0.1) is 0 Å². The van der Waals surface area contributed by atoms with E-state index in [1.165, 1.54) is 24.3 Å². The molecule has 0 spiro atoms. The topological polar surface area (TPSA) is 52.0 Å². The van der Waals surface area contributed by atoms with Gasteiger partial charge in [-0.3, -0.25) is 0 Å². The maximum Gasteiger partial charge on any atom is 0.419 e. The lowest BCUT2D eigenvalue weighted by Crippen LogP contribution is -2.20. The van der Waals surface area contributed by atoms with Gasteiger partial charge in [0.05, 0.1) is 11.1 Å². The Hall–Kier alpha value is -2.80. The molecule has 0 aromatic heterocycles. The zero-order chi connectivity index (χ0) is 24.4. The summed E-state index contributed by atoms with van der Waals surface area (Å²) < 4.78 is 144. The number of hydrogen-bond acceptors (Lipinski definition) is 2. The van der Waals surface area contributed by atoms with Crippen molar-refractivity contribution in [2.24, 2.45) is 0 Å². The van der Waals surface area contributed by atoms with Crippen LogP contribution in [0, 0.1) is 0 Å². The molecule has 0 aliphatic carbocycles. The normalized spacial score (nSPS) is 12.9. The minimum Gasteiger partial charge on any atom is -0.399 e. The molecule has 14 heteroatoms. The summed E-state index contributed by atoms with van der Waals surface area (Å²) in [5.41, 5.74) is 5.37. The summed E-state index contributed by atoms with van der Waals surface area (Å²) >= 11 is 0. The van der Waals surface area contributed by atoms with E-state index in [4.69, 9.17) is 11.5 Å². The van der Waals surface area contributed by atoms with Crippen molar-refractivity contribution in [3.8, 4) is 11.1 Å². The number of nitrogen functional groups attached to an aromatic ring is 2. The quantitative estimate of drug-likeness (QED) is 0.345. The maximum absolute atomic E-state index is 13.2. The third-order valence-electron chi connectivity index (χ3n) is 3.40. The fourth-order valence-corrected chi connectivity index (χ4v) is 2.39. The summed E-state index contributed by atoms with van der Waals surface area (Å²) in [4.78, 5) is 0.